The molecule has 4 amide bonds. The lowest BCUT2D eigenvalue weighted by Gasteiger charge is -2.26. The van der Waals surface area contributed by atoms with Gasteiger partial charge in [-0.05, 0) is 29.2 Å². The number of imide groups is 1. The van der Waals surface area contributed by atoms with E-state index in [9.17, 15) is 19.2 Å². The van der Waals surface area contributed by atoms with Gasteiger partial charge in [0.2, 0.25) is 11.8 Å². The molecular weight excluding hydrogens is 394 g/mol. The number of hydrogen-bond acceptors (Lipinski definition) is 4. The summed E-state index contributed by atoms with van der Waals surface area (Å²) in [6, 6.07) is 16.2. The van der Waals surface area contributed by atoms with E-state index in [0.717, 1.165) is 10.5 Å². The molecule has 31 heavy (non-hydrogen) atoms. The van der Waals surface area contributed by atoms with Crippen molar-refractivity contribution in [2.75, 3.05) is 13.1 Å². The van der Waals surface area contributed by atoms with Gasteiger partial charge in [0.25, 0.3) is 0 Å². The average Bonchev–Trinajstić information content (AvgIpc) is 3.14. The molecule has 0 aliphatic carbocycles. The first-order chi connectivity index (χ1) is 14.8. The summed E-state index contributed by atoms with van der Waals surface area (Å²) in [6.45, 7) is 4.57. The largest absolute Gasteiger partial charge is 0.366 e. The van der Waals surface area contributed by atoms with Gasteiger partial charge in [-0.15, -0.1) is 0 Å². The van der Waals surface area contributed by atoms with Gasteiger partial charge in [-0.2, -0.15) is 0 Å². The molecule has 1 atom stereocenters. The summed E-state index contributed by atoms with van der Waals surface area (Å²) in [5, 5.41) is 0. The van der Waals surface area contributed by atoms with Crippen LogP contribution < -0.4 is 5.73 Å². The molecular formula is C24H27N3O4. The number of benzene rings is 2. The highest BCUT2D eigenvalue weighted by molar-refractivity contribution is 6.37. The number of carbonyl (C=O) groups is 4. The van der Waals surface area contributed by atoms with E-state index in [0.29, 0.717) is 17.7 Å². The number of rotatable bonds is 6. The quantitative estimate of drug-likeness (QED) is 0.723. The summed E-state index contributed by atoms with van der Waals surface area (Å²) in [5.41, 5.74) is 7.34. The van der Waals surface area contributed by atoms with Crippen LogP contribution in [-0.2, 0) is 20.9 Å². The van der Waals surface area contributed by atoms with Crippen molar-refractivity contribution in [3.05, 3.63) is 71.3 Å². The monoisotopic (exact) mass is 421 g/mol. The van der Waals surface area contributed by atoms with Crippen LogP contribution in [0.15, 0.2) is 54.6 Å². The minimum atomic E-state index is -0.810. The fourth-order valence-electron chi connectivity index (χ4n) is 3.81. The van der Waals surface area contributed by atoms with Gasteiger partial charge in [0.1, 0.15) is 0 Å². The van der Waals surface area contributed by atoms with E-state index in [1.165, 1.54) is 4.90 Å². The Balaban J connectivity index is 1.76. The molecule has 1 aliphatic rings. The molecule has 162 valence electrons. The summed E-state index contributed by atoms with van der Waals surface area (Å²) in [6.07, 6.45) is 0.202. The van der Waals surface area contributed by atoms with E-state index >= 15 is 0 Å². The second-order valence-electron chi connectivity index (χ2n) is 8.27. The first-order valence-corrected chi connectivity index (χ1v) is 10.3. The predicted octanol–water partition coefficient (Wildman–Crippen LogP) is 2.31. The van der Waals surface area contributed by atoms with Gasteiger partial charge in [-0.3, -0.25) is 24.1 Å². The first kappa shape index (κ1) is 22.2. The topological polar surface area (TPSA) is 101 Å². The summed E-state index contributed by atoms with van der Waals surface area (Å²) >= 11 is 0. The Morgan fingerprint density at radius 2 is 1.81 bits per heavy atom. The zero-order valence-corrected chi connectivity index (χ0v) is 17.8. The van der Waals surface area contributed by atoms with Crippen LogP contribution in [0.25, 0.3) is 0 Å². The Hall–Kier alpha value is -3.48. The fraction of sp³-hybridized carbons (Fsp3) is 0.333. The van der Waals surface area contributed by atoms with Crippen molar-refractivity contribution < 1.29 is 19.2 Å². The fourth-order valence-corrected chi connectivity index (χ4v) is 3.81. The molecule has 2 N–H and O–H groups in total. The van der Waals surface area contributed by atoms with E-state index < -0.39 is 17.7 Å². The average molecular weight is 421 g/mol. The van der Waals surface area contributed by atoms with Gasteiger partial charge < -0.3 is 10.6 Å². The standard InChI is InChI=1S/C24H27N3O4/c1-16(2)13-26(14-17-7-6-10-19(11-17)22(25)29)23(30)24(31)27-15-20(12-21(27)28)18-8-4-3-5-9-18/h3-11,16,20H,12-15H2,1-2H3,(H2,25,29). The van der Waals surface area contributed by atoms with Crippen molar-refractivity contribution in [2.24, 2.45) is 11.7 Å². The zero-order chi connectivity index (χ0) is 22.5. The van der Waals surface area contributed by atoms with Gasteiger partial charge >= 0.3 is 11.8 Å². The van der Waals surface area contributed by atoms with Crippen molar-refractivity contribution in [2.45, 2.75) is 32.7 Å². The molecule has 0 radical (unpaired) electrons. The van der Waals surface area contributed by atoms with Crippen molar-refractivity contribution in [3.8, 4) is 0 Å². The third-order valence-corrected chi connectivity index (χ3v) is 5.28. The number of amides is 4. The number of carbonyl (C=O) groups excluding carboxylic acids is 4. The third-order valence-electron chi connectivity index (χ3n) is 5.28. The Kier molecular flexibility index (Phi) is 6.84. The molecule has 0 aromatic heterocycles. The van der Waals surface area contributed by atoms with Gasteiger partial charge in [-0.25, -0.2) is 0 Å². The van der Waals surface area contributed by atoms with Crippen LogP contribution in [0.1, 0.15) is 47.7 Å². The van der Waals surface area contributed by atoms with Crippen LogP contribution in [0.5, 0.6) is 0 Å². The Bertz CT molecular complexity index is 987. The Morgan fingerprint density at radius 1 is 1.10 bits per heavy atom. The lowest BCUT2D eigenvalue weighted by Crippen LogP contribution is -2.46. The highest BCUT2D eigenvalue weighted by Crippen LogP contribution is 2.28. The molecule has 1 aliphatic heterocycles. The highest BCUT2D eigenvalue weighted by Gasteiger charge is 2.39. The van der Waals surface area contributed by atoms with Gasteiger partial charge in [-0.1, -0.05) is 56.3 Å². The molecule has 0 saturated carbocycles. The van der Waals surface area contributed by atoms with Gasteiger partial charge in [0, 0.05) is 37.5 Å². The third kappa shape index (κ3) is 5.36. The molecule has 2 aromatic carbocycles. The second-order valence-corrected chi connectivity index (χ2v) is 8.27. The molecule has 1 unspecified atom stereocenters. The Morgan fingerprint density at radius 3 is 2.45 bits per heavy atom. The smallest absolute Gasteiger partial charge is 0.318 e. The summed E-state index contributed by atoms with van der Waals surface area (Å²) in [5.74, 6) is -2.43. The SMILES string of the molecule is CC(C)CN(Cc1cccc(C(N)=O)c1)C(=O)C(=O)N1CC(c2ccccc2)CC1=O. The highest BCUT2D eigenvalue weighted by atomic mass is 16.2. The van der Waals surface area contributed by atoms with Crippen molar-refractivity contribution in [1.82, 2.24) is 9.80 Å². The summed E-state index contributed by atoms with van der Waals surface area (Å²) in [7, 11) is 0. The molecule has 1 heterocycles. The lowest BCUT2D eigenvalue weighted by molar-refractivity contribution is -0.155. The maximum atomic E-state index is 13.1. The number of hydrogen-bond donors (Lipinski definition) is 1. The molecule has 1 saturated heterocycles. The van der Waals surface area contributed by atoms with E-state index in [1.54, 1.807) is 24.3 Å². The van der Waals surface area contributed by atoms with Gasteiger partial charge in [0.15, 0.2) is 0 Å². The normalized spacial score (nSPS) is 15.9. The first-order valence-electron chi connectivity index (χ1n) is 10.3. The van der Waals surface area contributed by atoms with E-state index in [4.69, 9.17) is 5.73 Å². The minimum absolute atomic E-state index is 0.113. The lowest BCUT2D eigenvalue weighted by atomic mass is 9.99. The van der Waals surface area contributed by atoms with Crippen molar-refractivity contribution >= 4 is 23.6 Å². The minimum Gasteiger partial charge on any atom is -0.366 e. The van der Waals surface area contributed by atoms with Crippen LogP contribution in [0.4, 0.5) is 0 Å². The maximum absolute atomic E-state index is 13.1. The molecule has 7 nitrogen and oxygen atoms in total. The van der Waals surface area contributed by atoms with E-state index in [1.807, 2.05) is 44.2 Å². The number of nitrogens with zero attached hydrogens (tertiary/aromatic N) is 2. The van der Waals surface area contributed by atoms with Crippen molar-refractivity contribution in [3.63, 3.8) is 0 Å². The van der Waals surface area contributed by atoms with E-state index in [2.05, 4.69) is 0 Å². The van der Waals surface area contributed by atoms with Crippen molar-refractivity contribution in [1.29, 1.82) is 0 Å². The van der Waals surface area contributed by atoms with Crippen LogP contribution in [0, 0.1) is 5.92 Å². The van der Waals surface area contributed by atoms with Gasteiger partial charge in [0.05, 0.1) is 0 Å². The molecule has 7 heteroatoms. The van der Waals surface area contributed by atoms with Crippen LogP contribution >= 0.6 is 0 Å². The van der Waals surface area contributed by atoms with Crippen LogP contribution in [0.2, 0.25) is 0 Å². The second kappa shape index (κ2) is 9.55. The van der Waals surface area contributed by atoms with E-state index in [-0.39, 0.29) is 37.3 Å². The Labute approximate surface area is 181 Å². The predicted molar refractivity (Wildman–Crippen MR) is 116 cm³/mol. The number of likely N-dealkylation sites (tertiary alicyclic amines) is 1. The molecule has 0 bridgehead atoms. The molecule has 2 aromatic rings. The molecule has 1 fully saturated rings. The summed E-state index contributed by atoms with van der Waals surface area (Å²) in [4.78, 5) is 52.5. The molecule has 3 rings (SSSR count). The summed E-state index contributed by atoms with van der Waals surface area (Å²) < 4.78 is 0. The number of nitrogens with two attached hydrogens (primary N) is 1. The number of primary amides is 1. The van der Waals surface area contributed by atoms with Crippen LogP contribution in [0.3, 0.4) is 0 Å². The molecule has 0 spiro atoms. The van der Waals surface area contributed by atoms with Crippen LogP contribution in [-0.4, -0.2) is 46.5 Å². The maximum Gasteiger partial charge on any atom is 0.318 e. The zero-order valence-electron chi connectivity index (χ0n) is 17.8.